The van der Waals surface area contributed by atoms with Gasteiger partial charge >= 0.3 is 0 Å². The molecule has 0 radical (unpaired) electrons. The Morgan fingerprint density at radius 1 is 1.23 bits per heavy atom. The van der Waals surface area contributed by atoms with Crippen LogP contribution in [0.25, 0.3) is 0 Å². The highest BCUT2D eigenvalue weighted by Gasteiger charge is 2.26. The van der Waals surface area contributed by atoms with Crippen LogP contribution in [0.15, 0.2) is 49.2 Å². The number of nitrogens with one attached hydrogen (secondary N) is 1. The van der Waals surface area contributed by atoms with Gasteiger partial charge in [0.2, 0.25) is 5.88 Å². The van der Waals surface area contributed by atoms with Gasteiger partial charge in [0.25, 0.3) is 0 Å². The summed E-state index contributed by atoms with van der Waals surface area (Å²) in [4.78, 5) is 18.4. The van der Waals surface area contributed by atoms with Gasteiger partial charge in [-0.25, -0.2) is 14.4 Å². The zero-order chi connectivity index (χ0) is 17.8. The molecule has 0 spiro atoms. The Morgan fingerprint density at radius 2 is 2.12 bits per heavy atom. The molecule has 1 fully saturated rings. The van der Waals surface area contributed by atoms with E-state index in [0.717, 1.165) is 43.9 Å². The second kappa shape index (κ2) is 7.61. The molecule has 134 valence electrons. The molecule has 1 atom stereocenters. The number of aromatic nitrogens is 4. The molecule has 1 N–H and O–H groups in total. The minimum Gasteiger partial charge on any atom is -0.434 e. The largest absolute Gasteiger partial charge is 0.434 e. The number of H-pyrrole nitrogens is 1. The van der Waals surface area contributed by atoms with Crippen LogP contribution in [0.2, 0.25) is 0 Å². The van der Waals surface area contributed by atoms with Gasteiger partial charge in [-0.3, -0.25) is 9.88 Å². The first kappa shape index (κ1) is 16.7. The Kier molecular flexibility index (Phi) is 4.88. The van der Waals surface area contributed by atoms with Crippen LogP contribution >= 0.6 is 0 Å². The van der Waals surface area contributed by atoms with Crippen molar-refractivity contribution >= 4 is 0 Å². The minimum atomic E-state index is -0.409. The van der Waals surface area contributed by atoms with Gasteiger partial charge in [0, 0.05) is 43.3 Å². The number of para-hydroxylation sites is 1. The number of nitrogens with zero attached hydrogens (tertiary/aromatic N) is 4. The average Bonchev–Trinajstić information content (AvgIpc) is 3.17. The van der Waals surface area contributed by atoms with E-state index in [1.165, 1.54) is 6.07 Å². The van der Waals surface area contributed by atoms with Gasteiger partial charge in [-0.05, 0) is 31.5 Å². The number of rotatable bonds is 5. The van der Waals surface area contributed by atoms with Crippen LogP contribution in [0.5, 0.6) is 11.6 Å². The Morgan fingerprint density at radius 3 is 2.96 bits per heavy atom. The summed E-state index contributed by atoms with van der Waals surface area (Å²) in [5.41, 5.74) is 1.87. The lowest BCUT2D eigenvalue weighted by molar-refractivity contribution is 0.194. The third kappa shape index (κ3) is 3.72. The van der Waals surface area contributed by atoms with Gasteiger partial charge in [0.1, 0.15) is 5.69 Å². The molecule has 26 heavy (non-hydrogen) atoms. The maximum Gasteiger partial charge on any atom is 0.241 e. The van der Waals surface area contributed by atoms with Gasteiger partial charge in [0.05, 0.1) is 6.33 Å². The third-order valence-electron chi connectivity index (χ3n) is 4.58. The summed E-state index contributed by atoms with van der Waals surface area (Å²) in [6, 6.07) is 6.34. The molecule has 7 heteroatoms. The minimum absolute atomic E-state index is 0.166. The molecule has 1 saturated heterocycles. The second-order valence-electron chi connectivity index (χ2n) is 6.43. The summed E-state index contributed by atoms with van der Waals surface area (Å²) in [5.74, 6) is 0.334. The van der Waals surface area contributed by atoms with Crippen LogP contribution in [0.1, 0.15) is 30.1 Å². The first-order chi connectivity index (χ1) is 12.8. The number of aromatic amines is 1. The van der Waals surface area contributed by atoms with Gasteiger partial charge in [-0.1, -0.05) is 12.1 Å². The first-order valence-electron chi connectivity index (χ1n) is 8.72. The molecule has 4 rings (SSSR count). The number of halogens is 1. The molecule has 3 heterocycles. The number of likely N-dealkylation sites (tertiary alicyclic amines) is 1. The lowest BCUT2D eigenvalue weighted by Crippen LogP contribution is -2.34. The molecular formula is C19H20FN5O. The van der Waals surface area contributed by atoms with E-state index in [0.29, 0.717) is 5.88 Å². The van der Waals surface area contributed by atoms with Gasteiger partial charge < -0.3 is 9.72 Å². The maximum absolute atomic E-state index is 13.9. The van der Waals surface area contributed by atoms with Crippen molar-refractivity contribution in [2.24, 2.45) is 0 Å². The van der Waals surface area contributed by atoms with E-state index in [2.05, 4.69) is 24.8 Å². The van der Waals surface area contributed by atoms with Crippen molar-refractivity contribution in [2.45, 2.75) is 25.3 Å². The number of hydrogen-bond acceptors (Lipinski definition) is 5. The van der Waals surface area contributed by atoms with Crippen molar-refractivity contribution < 1.29 is 9.13 Å². The lowest BCUT2D eigenvalue weighted by atomic mass is 9.94. The molecule has 6 nitrogen and oxygen atoms in total. The number of ether oxygens (including phenoxy) is 1. The fourth-order valence-electron chi connectivity index (χ4n) is 3.36. The topological polar surface area (TPSA) is 66.9 Å². The molecule has 0 saturated carbocycles. The summed E-state index contributed by atoms with van der Waals surface area (Å²) in [5, 5.41) is 0. The van der Waals surface area contributed by atoms with Crippen LogP contribution in [0, 0.1) is 5.82 Å². The summed E-state index contributed by atoms with van der Waals surface area (Å²) in [7, 11) is 0. The highest BCUT2D eigenvalue weighted by atomic mass is 19.1. The fraction of sp³-hybridized carbons (Fsp3) is 0.316. The average molecular weight is 353 g/mol. The van der Waals surface area contributed by atoms with Crippen LogP contribution in [0.4, 0.5) is 4.39 Å². The van der Waals surface area contributed by atoms with Gasteiger partial charge in [-0.2, -0.15) is 0 Å². The molecule has 0 aliphatic carbocycles. The maximum atomic E-state index is 13.9. The zero-order valence-electron chi connectivity index (χ0n) is 14.3. The number of benzene rings is 1. The van der Waals surface area contributed by atoms with Gasteiger partial charge in [0.15, 0.2) is 11.6 Å². The lowest BCUT2D eigenvalue weighted by Gasteiger charge is -2.32. The van der Waals surface area contributed by atoms with Crippen LogP contribution in [0.3, 0.4) is 0 Å². The normalized spacial score (nSPS) is 18.0. The van der Waals surface area contributed by atoms with E-state index in [1.807, 2.05) is 6.20 Å². The molecule has 3 aromatic rings. The standard InChI is InChI=1S/C19H20FN5O/c20-16-5-1-2-6-17(16)26-19-18(22-7-8-23-19)14-4-3-9-25(11-14)12-15-10-21-13-24-15/h1-2,5-8,10,13-14H,3-4,9,11-12H2,(H,21,24)/t14-/m0/s1. The predicted octanol–water partition coefficient (Wildman–Crippen LogP) is 3.51. The predicted molar refractivity (Wildman–Crippen MR) is 94.3 cm³/mol. The highest BCUT2D eigenvalue weighted by Crippen LogP contribution is 2.33. The summed E-state index contributed by atoms with van der Waals surface area (Å²) in [6.45, 7) is 2.70. The second-order valence-corrected chi connectivity index (χ2v) is 6.43. The number of hydrogen-bond donors (Lipinski definition) is 1. The van der Waals surface area contributed by atoms with E-state index in [9.17, 15) is 4.39 Å². The molecule has 2 aromatic heterocycles. The smallest absolute Gasteiger partial charge is 0.241 e. The number of imidazole rings is 1. The molecule has 0 amide bonds. The fourth-order valence-corrected chi connectivity index (χ4v) is 3.36. The van der Waals surface area contributed by atoms with Crippen molar-refractivity contribution in [3.63, 3.8) is 0 Å². The van der Waals surface area contributed by atoms with Crippen LogP contribution in [-0.2, 0) is 6.54 Å². The molecular weight excluding hydrogens is 333 g/mol. The van der Waals surface area contributed by atoms with E-state index >= 15 is 0 Å². The Balaban J connectivity index is 1.53. The molecule has 1 aliphatic rings. The van der Waals surface area contributed by atoms with Crippen LogP contribution < -0.4 is 4.74 Å². The molecule has 1 aliphatic heterocycles. The van der Waals surface area contributed by atoms with Crippen molar-refractivity contribution in [3.8, 4) is 11.6 Å². The first-order valence-corrected chi connectivity index (χ1v) is 8.72. The van der Waals surface area contributed by atoms with Crippen LogP contribution in [-0.4, -0.2) is 37.9 Å². The van der Waals surface area contributed by atoms with E-state index < -0.39 is 5.82 Å². The Labute approximate surface area is 151 Å². The van der Waals surface area contributed by atoms with Crippen molar-refractivity contribution in [1.82, 2.24) is 24.8 Å². The van der Waals surface area contributed by atoms with E-state index in [-0.39, 0.29) is 11.7 Å². The number of piperidine rings is 1. The van der Waals surface area contributed by atoms with Crippen molar-refractivity contribution in [2.75, 3.05) is 13.1 Å². The van der Waals surface area contributed by atoms with E-state index in [1.54, 1.807) is 36.9 Å². The molecule has 1 aromatic carbocycles. The zero-order valence-corrected chi connectivity index (χ0v) is 14.3. The SMILES string of the molecule is Fc1ccccc1Oc1nccnc1[C@H]1CCCN(Cc2cnc[nH]2)C1. The summed E-state index contributed by atoms with van der Waals surface area (Å²) in [6.07, 6.45) is 8.85. The Bertz CT molecular complexity index is 855. The monoisotopic (exact) mass is 353 g/mol. The van der Waals surface area contributed by atoms with Gasteiger partial charge in [-0.15, -0.1) is 0 Å². The summed E-state index contributed by atoms with van der Waals surface area (Å²) >= 11 is 0. The summed E-state index contributed by atoms with van der Waals surface area (Å²) < 4.78 is 19.7. The quantitative estimate of drug-likeness (QED) is 0.760. The highest BCUT2D eigenvalue weighted by molar-refractivity contribution is 5.32. The third-order valence-corrected chi connectivity index (χ3v) is 4.58. The van der Waals surface area contributed by atoms with Crippen molar-refractivity contribution in [3.05, 3.63) is 66.4 Å². The molecule has 0 bridgehead atoms. The molecule has 0 unspecified atom stereocenters. The Hall–Kier alpha value is -2.80. The van der Waals surface area contributed by atoms with Crippen molar-refractivity contribution in [1.29, 1.82) is 0 Å². The van der Waals surface area contributed by atoms with E-state index in [4.69, 9.17) is 4.74 Å².